The number of methoxy groups -OCH3 is 1. The number of hydrogen-bond donors (Lipinski definition) is 5. The molecule has 0 bridgehead atoms. The molecule has 1 saturated heterocycles. The van der Waals surface area contributed by atoms with Crippen molar-refractivity contribution in [3.8, 4) is 0 Å². The summed E-state index contributed by atoms with van der Waals surface area (Å²) in [6.07, 6.45) is -1.15. The Morgan fingerprint density at radius 3 is 2.26 bits per heavy atom. The second-order valence-corrected chi connectivity index (χ2v) is 11.0. The number of imide groups is 1. The van der Waals surface area contributed by atoms with E-state index in [1.807, 2.05) is 0 Å². The SMILES string of the molecule is COC(CC(=O)O)C(=O)N[C@@H](C)C(=O)N[C@@H](C)C(=O)N1CCC[C@H]1C(=O)N[C@@H](C)C(=O)NC(=O)c1ccc2c(C)cc(=O)oc2c1. The molecular weight excluding hydrogens is 606 g/mol. The second-order valence-electron chi connectivity index (χ2n) is 11.0. The zero-order chi connectivity index (χ0) is 34.3. The molecule has 0 aliphatic carbocycles. The van der Waals surface area contributed by atoms with Gasteiger partial charge in [0.15, 0.2) is 0 Å². The molecule has 46 heavy (non-hydrogen) atoms. The lowest BCUT2D eigenvalue weighted by Gasteiger charge is -2.28. The van der Waals surface area contributed by atoms with Gasteiger partial charge in [-0.05, 0) is 58.2 Å². The lowest BCUT2D eigenvalue weighted by molar-refractivity contribution is -0.146. The van der Waals surface area contributed by atoms with Gasteiger partial charge in [-0.1, -0.05) is 6.07 Å². The molecule has 2 aromatic rings. The maximum Gasteiger partial charge on any atom is 0.336 e. The van der Waals surface area contributed by atoms with Crippen molar-refractivity contribution in [2.24, 2.45) is 0 Å². The van der Waals surface area contributed by atoms with E-state index >= 15 is 0 Å². The predicted octanol–water partition coefficient (Wildman–Crippen LogP) is -0.647. The average Bonchev–Trinajstić information content (AvgIpc) is 3.48. The molecule has 5 N–H and O–H groups in total. The second kappa shape index (κ2) is 15.2. The van der Waals surface area contributed by atoms with E-state index in [4.69, 9.17) is 14.3 Å². The summed E-state index contributed by atoms with van der Waals surface area (Å²) in [5, 5.41) is 19.0. The molecule has 0 spiro atoms. The van der Waals surface area contributed by atoms with Gasteiger partial charge in [-0.3, -0.25) is 38.9 Å². The summed E-state index contributed by atoms with van der Waals surface area (Å²) in [6, 6.07) is 1.38. The highest BCUT2D eigenvalue weighted by Crippen LogP contribution is 2.20. The molecule has 5 atom stereocenters. The van der Waals surface area contributed by atoms with Gasteiger partial charge in [0.2, 0.25) is 29.5 Å². The number of carbonyl (C=O) groups is 7. The van der Waals surface area contributed by atoms with Gasteiger partial charge in [-0.2, -0.15) is 0 Å². The fraction of sp³-hybridized carbons (Fsp3) is 0.467. The molecule has 0 saturated carbocycles. The van der Waals surface area contributed by atoms with Crippen LogP contribution in [0.15, 0.2) is 33.5 Å². The van der Waals surface area contributed by atoms with E-state index in [1.165, 1.54) is 43.9 Å². The number of carboxylic acid groups (broad SMARTS) is 1. The van der Waals surface area contributed by atoms with E-state index in [9.17, 15) is 38.4 Å². The zero-order valence-electron chi connectivity index (χ0n) is 26.0. The molecule has 1 aliphatic rings. The number of likely N-dealkylation sites (tertiary alicyclic amines) is 1. The molecule has 1 unspecified atom stereocenters. The van der Waals surface area contributed by atoms with Crippen LogP contribution in [0.2, 0.25) is 0 Å². The van der Waals surface area contributed by atoms with Gasteiger partial charge < -0.3 is 35.1 Å². The fourth-order valence-corrected chi connectivity index (χ4v) is 4.90. The Balaban J connectivity index is 1.55. The van der Waals surface area contributed by atoms with E-state index in [0.717, 1.165) is 7.11 Å². The standard InChI is InChI=1S/C30H37N5O11/c1-14-11-24(38)46-21-12-18(8-9-19(14)21)27(41)34-26(40)16(3)31-28(42)20-7-6-10-35(20)30(44)17(4)33-25(39)15(2)32-29(43)22(45-5)13-23(36)37/h8-9,11-12,15-17,20,22H,6-7,10,13H2,1-5H3,(H,31,42)(H,32,43)(H,33,39)(H,36,37)(H,34,40,41)/t15-,16-,17-,20-,22?/m0/s1. The minimum Gasteiger partial charge on any atom is -0.481 e. The van der Waals surface area contributed by atoms with Crippen molar-refractivity contribution in [2.45, 2.75) is 77.2 Å². The lowest BCUT2D eigenvalue weighted by Crippen LogP contribution is -2.57. The Bertz CT molecular complexity index is 1600. The number of amides is 6. The Morgan fingerprint density at radius 2 is 1.61 bits per heavy atom. The number of ether oxygens (including phenoxy) is 1. The van der Waals surface area contributed by atoms with E-state index < -0.39 is 83.7 Å². The molecule has 2 heterocycles. The summed E-state index contributed by atoms with van der Waals surface area (Å²) in [6.45, 7) is 6.06. The summed E-state index contributed by atoms with van der Waals surface area (Å²) >= 11 is 0. The molecule has 3 rings (SSSR count). The molecule has 6 amide bonds. The van der Waals surface area contributed by atoms with Crippen LogP contribution in [0.5, 0.6) is 0 Å². The average molecular weight is 644 g/mol. The monoisotopic (exact) mass is 643 g/mol. The van der Waals surface area contributed by atoms with Crippen molar-refractivity contribution in [3.63, 3.8) is 0 Å². The van der Waals surface area contributed by atoms with Crippen molar-refractivity contribution in [2.75, 3.05) is 13.7 Å². The third kappa shape index (κ3) is 8.74. The summed E-state index contributed by atoms with van der Waals surface area (Å²) in [7, 11) is 1.16. The normalized spacial score (nSPS) is 16.9. The van der Waals surface area contributed by atoms with E-state index in [1.54, 1.807) is 13.0 Å². The number of benzene rings is 1. The first-order chi connectivity index (χ1) is 21.6. The molecule has 248 valence electrons. The Labute approximate surface area is 263 Å². The molecule has 1 aliphatic heterocycles. The molecule has 1 fully saturated rings. The van der Waals surface area contributed by atoms with Gasteiger partial charge in [-0.25, -0.2) is 4.79 Å². The van der Waals surface area contributed by atoms with E-state index in [2.05, 4.69) is 21.3 Å². The molecule has 16 nitrogen and oxygen atoms in total. The van der Waals surface area contributed by atoms with Crippen LogP contribution >= 0.6 is 0 Å². The van der Waals surface area contributed by atoms with Crippen LogP contribution in [0, 0.1) is 6.92 Å². The van der Waals surface area contributed by atoms with Crippen LogP contribution in [0.1, 0.15) is 56.0 Å². The smallest absolute Gasteiger partial charge is 0.336 e. The van der Waals surface area contributed by atoms with Gasteiger partial charge >= 0.3 is 11.6 Å². The van der Waals surface area contributed by atoms with Crippen LogP contribution < -0.4 is 26.9 Å². The first-order valence-electron chi connectivity index (χ1n) is 14.5. The third-order valence-electron chi connectivity index (χ3n) is 7.46. The lowest BCUT2D eigenvalue weighted by atomic mass is 10.1. The molecule has 1 aromatic carbocycles. The first kappa shape index (κ1) is 35.4. The number of hydrogen-bond acceptors (Lipinski definition) is 10. The fourth-order valence-electron chi connectivity index (χ4n) is 4.90. The zero-order valence-corrected chi connectivity index (χ0v) is 26.0. The van der Waals surface area contributed by atoms with E-state index in [0.29, 0.717) is 23.8 Å². The highest BCUT2D eigenvalue weighted by atomic mass is 16.5. The van der Waals surface area contributed by atoms with Crippen LogP contribution in [-0.4, -0.2) is 95.3 Å². The highest BCUT2D eigenvalue weighted by molar-refractivity contribution is 6.08. The minimum absolute atomic E-state index is 0.0596. The number of fused-ring (bicyclic) bond motifs is 1. The summed E-state index contributed by atoms with van der Waals surface area (Å²) in [5.41, 5.74) is 0.317. The number of nitrogens with zero attached hydrogens (tertiary/aromatic N) is 1. The number of rotatable bonds is 12. The van der Waals surface area contributed by atoms with Crippen molar-refractivity contribution >= 4 is 52.4 Å². The molecule has 1 aromatic heterocycles. The predicted molar refractivity (Wildman–Crippen MR) is 160 cm³/mol. The van der Waals surface area contributed by atoms with Crippen molar-refractivity contribution < 1.29 is 47.8 Å². The number of aryl methyl sites for hydroxylation is 1. The van der Waals surface area contributed by atoms with Crippen molar-refractivity contribution in [1.29, 1.82) is 0 Å². The van der Waals surface area contributed by atoms with Crippen molar-refractivity contribution in [3.05, 3.63) is 45.8 Å². The van der Waals surface area contributed by atoms with E-state index in [-0.39, 0.29) is 17.7 Å². The molecule has 16 heteroatoms. The molecule has 0 radical (unpaired) electrons. The number of carboxylic acids is 1. The van der Waals surface area contributed by atoms with Crippen LogP contribution in [-0.2, 0) is 33.5 Å². The Hall–Kier alpha value is -5.12. The minimum atomic E-state index is -1.31. The van der Waals surface area contributed by atoms with Crippen LogP contribution in [0.4, 0.5) is 0 Å². The summed E-state index contributed by atoms with van der Waals surface area (Å²) < 4.78 is 9.99. The van der Waals surface area contributed by atoms with Crippen LogP contribution in [0.25, 0.3) is 11.0 Å². The Kier molecular flexibility index (Phi) is 11.7. The van der Waals surface area contributed by atoms with Crippen molar-refractivity contribution in [1.82, 2.24) is 26.2 Å². The first-order valence-corrected chi connectivity index (χ1v) is 14.5. The Morgan fingerprint density at radius 1 is 0.957 bits per heavy atom. The topological polar surface area (TPSA) is 231 Å². The number of aliphatic carboxylic acids is 1. The van der Waals surface area contributed by atoms with Gasteiger partial charge in [0.1, 0.15) is 35.9 Å². The summed E-state index contributed by atoms with van der Waals surface area (Å²) in [5.74, 6) is -5.59. The van der Waals surface area contributed by atoms with Gasteiger partial charge in [0, 0.05) is 30.7 Å². The number of carbonyl (C=O) groups excluding carboxylic acids is 6. The van der Waals surface area contributed by atoms with Gasteiger partial charge in [0.25, 0.3) is 5.91 Å². The van der Waals surface area contributed by atoms with Gasteiger partial charge in [0.05, 0.1) is 6.42 Å². The summed E-state index contributed by atoms with van der Waals surface area (Å²) in [4.78, 5) is 100. The third-order valence-corrected chi connectivity index (χ3v) is 7.46. The maximum absolute atomic E-state index is 13.2. The largest absolute Gasteiger partial charge is 0.481 e. The van der Waals surface area contributed by atoms with Gasteiger partial charge in [-0.15, -0.1) is 0 Å². The quantitative estimate of drug-likeness (QED) is 0.183. The van der Waals surface area contributed by atoms with Crippen LogP contribution in [0.3, 0.4) is 0 Å². The number of nitrogens with one attached hydrogen (secondary N) is 4. The molecular formula is C30H37N5O11. The maximum atomic E-state index is 13.2. The highest BCUT2D eigenvalue weighted by Gasteiger charge is 2.38.